The second kappa shape index (κ2) is 13.7. The fourth-order valence-corrected chi connectivity index (χ4v) is 8.04. The molecule has 1 N–H and O–H groups in total. The van der Waals surface area contributed by atoms with E-state index in [9.17, 15) is 0 Å². The van der Waals surface area contributed by atoms with Gasteiger partial charge in [0.15, 0.2) is 0 Å². The van der Waals surface area contributed by atoms with Crippen molar-refractivity contribution >= 4 is 44.0 Å². The molecule has 0 aliphatic rings. The zero-order chi connectivity index (χ0) is 38.6. The molecule has 0 amide bonds. The van der Waals surface area contributed by atoms with Crippen molar-refractivity contribution in [2.24, 2.45) is 0 Å². The van der Waals surface area contributed by atoms with Gasteiger partial charge in [-0.15, -0.1) is 0 Å². The van der Waals surface area contributed by atoms with Gasteiger partial charge in [-0.2, -0.15) is 0 Å². The molecule has 9 rings (SSSR count). The minimum Gasteiger partial charge on any atom is -0.355 e. The predicted octanol–water partition coefficient (Wildman–Crippen LogP) is 15.3. The van der Waals surface area contributed by atoms with E-state index in [4.69, 9.17) is 0 Å². The normalized spacial score (nSPS) is 12.1. The topological polar surface area (TPSA) is 17.0 Å². The highest BCUT2D eigenvalue weighted by Crippen LogP contribution is 2.42. The van der Waals surface area contributed by atoms with E-state index < -0.39 is 0 Å². The number of aromatic nitrogens is 1. The Labute approximate surface area is 331 Å². The van der Waals surface area contributed by atoms with Crippen molar-refractivity contribution in [1.82, 2.24) is 4.57 Å². The van der Waals surface area contributed by atoms with Crippen molar-refractivity contribution in [2.75, 3.05) is 5.32 Å². The van der Waals surface area contributed by atoms with E-state index in [1.54, 1.807) is 0 Å². The lowest BCUT2D eigenvalue weighted by molar-refractivity contribution is 0.590. The number of nitrogens with one attached hydrogen (secondary N) is 1. The standard InChI is InChI=1S/C54H48N2/c1-53(2,3)43-23-27-51-48(34-43)49-35-44(54(4,5)6)24-28-52(49)56(51)46-30-41(37-17-11-8-12-18-37)29-42(31-46)47-32-39-19-13-14-20-40(39)33-50(47)55-45-25-21-38(22-26-45)36-15-9-7-10-16-36/h7-35,55H,1-6H3. The number of hydrogen-bond acceptors (Lipinski definition) is 1. The average Bonchev–Trinajstić information content (AvgIpc) is 3.54. The van der Waals surface area contributed by atoms with E-state index in [0.717, 1.165) is 28.2 Å². The van der Waals surface area contributed by atoms with Crippen molar-refractivity contribution < 1.29 is 0 Å². The van der Waals surface area contributed by atoms with E-state index in [1.165, 1.54) is 66.0 Å². The van der Waals surface area contributed by atoms with Crippen LogP contribution in [-0.4, -0.2) is 4.57 Å². The van der Waals surface area contributed by atoms with Gasteiger partial charge in [0, 0.05) is 33.4 Å². The van der Waals surface area contributed by atoms with E-state index in [2.05, 4.69) is 227 Å². The Bertz CT molecular complexity index is 2790. The first-order chi connectivity index (χ1) is 27.0. The average molecular weight is 725 g/mol. The summed E-state index contributed by atoms with van der Waals surface area (Å²) in [5.41, 5.74) is 15.5. The molecule has 0 atom stereocenters. The number of nitrogens with zero attached hydrogens (tertiary/aromatic N) is 1. The van der Waals surface area contributed by atoms with Crippen molar-refractivity contribution in [3.05, 3.63) is 187 Å². The molecule has 56 heavy (non-hydrogen) atoms. The molecule has 1 aromatic heterocycles. The van der Waals surface area contributed by atoms with Crippen LogP contribution < -0.4 is 5.32 Å². The summed E-state index contributed by atoms with van der Waals surface area (Å²) in [6.07, 6.45) is 0. The minimum absolute atomic E-state index is 0.0337. The van der Waals surface area contributed by atoms with Crippen LogP contribution in [0.4, 0.5) is 11.4 Å². The lowest BCUT2D eigenvalue weighted by atomic mass is 9.85. The molecule has 0 spiro atoms. The van der Waals surface area contributed by atoms with Crippen LogP contribution >= 0.6 is 0 Å². The van der Waals surface area contributed by atoms with E-state index in [1.807, 2.05) is 0 Å². The van der Waals surface area contributed by atoms with Crippen LogP contribution in [0, 0.1) is 0 Å². The van der Waals surface area contributed by atoms with Crippen LogP contribution in [0.3, 0.4) is 0 Å². The molecule has 1 heterocycles. The maximum atomic E-state index is 3.85. The number of anilines is 2. The van der Waals surface area contributed by atoms with Gasteiger partial charge in [0.25, 0.3) is 0 Å². The maximum Gasteiger partial charge on any atom is 0.0541 e. The molecule has 0 saturated carbocycles. The Balaban J connectivity index is 1.27. The van der Waals surface area contributed by atoms with E-state index in [-0.39, 0.29) is 10.8 Å². The van der Waals surface area contributed by atoms with Gasteiger partial charge in [0.2, 0.25) is 0 Å². The van der Waals surface area contributed by atoms with Crippen molar-refractivity contribution in [2.45, 2.75) is 52.4 Å². The Hall–Kier alpha value is -6.38. The molecule has 8 aromatic carbocycles. The zero-order valence-electron chi connectivity index (χ0n) is 33.2. The fraction of sp³-hybridized carbons (Fsp3) is 0.148. The van der Waals surface area contributed by atoms with Crippen molar-refractivity contribution in [1.29, 1.82) is 0 Å². The molecule has 0 bridgehead atoms. The molecule has 2 heteroatoms. The smallest absolute Gasteiger partial charge is 0.0541 e. The molecule has 0 saturated heterocycles. The summed E-state index contributed by atoms with van der Waals surface area (Å²) in [4.78, 5) is 0. The van der Waals surface area contributed by atoms with Gasteiger partial charge in [-0.05, 0) is 127 Å². The largest absolute Gasteiger partial charge is 0.355 e. The highest BCUT2D eigenvalue weighted by Gasteiger charge is 2.22. The Morgan fingerprint density at radius 3 is 1.43 bits per heavy atom. The van der Waals surface area contributed by atoms with E-state index >= 15 is 0 Å². The Kier molecular flexibility index (Phi) is 8.66. The molecular weight excluding hydrogens is 677 g/mol. The Morgan fingerprint density at radius 1 is 0.393 bits per heavy atom. The van der Waals surface area contributed by atoms with Gasteiger partial charge in [0.1, 0.15) is 0 Å². The minimum atomic E-state index is 0.0337. The lowest BCUT2D eigenvalue weighted by Crippen LogP contribution is -2.10. The van der Waals surface area contributed by atoms with Crippen LogP contribution in [0.25, 0.3) is 71.6 Å². The van der Waals surface area contributed by atoms with Gasteiger partial charge in [-0.25, -0.2) is 0 Å². The first-order valence-electron chi connectivity index (χ1n) is 19.8. The third-order valence-corrected chi connectivity index (χ3v) is 11.2. The third kappa shape index (κ3) is 6.66. The SMILES string of the molecule is CC(C)(C)c1ccc2c(c1)c1cc(C(C)(C)C)ccc1n2-c1cc(-c2ccccc2)cc(-c2cc3ccccc3cc2Nc2ccc(-c3ccccc3)cc2)c1. The molecular formula is C54H48N2. The maximum absolute atomic E-state index is 3.85. The van der Waals surface area contributed by atoms with Crippen LogP contribution in [0.5, 0.6) is 0 Å². The predicted molar refractivity (Wildman–Crippen MR) is 242 cm³/mol. The second-order valence-corrected chi connectivity index (χ2v) is 17.2. The number of benzene rings is 8. The molecule has 0 aliphatic heterocycles. The highest BCUT2D eigenvalue weighted by atomic mass is 15.0. The summed E-state index contributed by atoms with van der Waals surface area (Å²) in [6, 6.07) is 64.7. The number of hydrogen-bond donors (Lipinski definition) is 1. The molecule has 0 aliphatic carbocycles. The molecule has 0 fully saturated rings. The highest BCUT2D eigenvalue weighted by molar-refractivity contribution is 6.10. The first-order valence-corrected chi connectivity index (χ1v) is 19.8. The summed E-state index contributed by atoms with van der Waals surface area (Å²) in [6.45, 7) is 13.8. The number of rotatable bonds is 6. The quantitative estimate of drug-likeness (QED) is 0.181. The molecule has 2 nitrogen and oxygen atoms in total. The van der Waals surface area contributed by atoms with Gasteiger partial charge < -0.3 is 9.88 Å². The van der Waals surface area contributed by atoms with Crippen LogP contribution in [0.1, 0.15) is 52.7 Å². The van der Waals surface area contributed by atoms with Gasteiger partial charge in [0.05, 0.1) is 11.0 Å². The second-order valence-electron chi connectivity index (χ2n) is 17.2. The van der Waals surface area contributed by atoms with Crippen molar-refractivity contribution in [3.8, 4) is 39.1 Å². The zero-order valence-corrected chi connectivity index (χ0v) is 33.2. The van der Waals surface area contributed by atoms with Crippen LogP contribution in [0.15, 0.2) is 176 Å². The monoisotopic (exact) mass is 724 g/mol. The third-order valence-electron chi connectivity index (χ3n) is 11.2. The fourth-order valence-electron chi connectivity index (χ4n) is 8.04. The first kappa shape index (κ1) is 35.3. The summed E-state index contributed by atoms with van der Waals surface area (Å²) in [5.74, 6) is 0. The summed E-state index contributed by atoms with van der Waals surface area (Å²) in [5, 5.41) is 8.84. The van der Waals surface area contributed by atoms with E-state index in [0.29, 0.717) is 0 Å². The van der Waals surface area contributed by atoms with Gasteiger partial charge >= 0.3 is 0 Å². The summed E-state index contributed by atoms with van der Waals surface area (Å²) >= 11 is 0. The molecule has 274 valence electrons. The Morgan fingerprint density at radius 2 is 0.875 bits per heavy atom. The summed E-state index contributed by atoms with van der Waals surface area (Å²) in [7, 11) is 0. The lowest BCUT2D eigenvalue weighted by Gasteiger charge is -2.20. The molecule has 0 unspecified atom stereocenters. The molecule has 0 radical (unpaired) electrons. The van der Waals surface area contributed by atoms with Crippen molar-refractivity contribution in [3.63, 3.8) is 0 Å². The summed E-state index contributed by atoms with van der Waals surface area (Å²) < 4.78 is 2.48. The molecule has 9 aromatic rings. The van der Waals surface area contributed by atoms with Crippen LogP contribution in [-0.2, 0) is 10.8 Å². The van der Waals surface area contributed by atoms with Crippen LogP contribution in [0.2, 0.25) is 0 Å². The van der Waals surface area contributed by atoms with Gasteiger partial charge in [-0.1, -0.05) is 151 Å². The number of fused-ring (bicyclic) bond motifs is 4. The van der Waals surface area contributed by atoms with Gasteiger partial charge in [-0.3, -0.25) is 0 Å².